The summed E-state index contributed by atoms with van der Waals surface area (Å²) >= 11 is 0. The summed E-state index contributed by atoms with van der Waals surface area (Å²) in [6, 6.07) is 9.70. The van der Waals surface area contributed by atoms with E-state index in [1.807, 2.05) is 50.3 Å². The summed E-state index contributed by atoms with van der Waals surface area (Å²) in [4.78, 5) is 36.8. The molecular formula is C28H35N5O4. The number of primary amides is 1. The first-order valence-electron chi connectivity index (χ1n) is 12.9. The molecule has 6 rings (SSSR count). The zero-order chi connectivity index (χ0) is 26.4. The molecular weight excluding hydrogens is 470 g/mol. The maximum Gasteiger partial charge on any atom is 0.405 e. The van der Waals surface area contributed by atoms with E-state index in [-0.39, 0.29) is 29.7 Å². The van der Waals surface area contributed by atoms with Gasteiger partial charge in [0.25, 0.3) is 5.91 Å². The molecule has 3 amide bonds. The van der Waals surface area contributed by atoms with Gasteiger partial charge < -0.3 is 21.1 Å². The van der Waals surface area contributed by atoms with Crippen LogP contribution in [0.5, 0.6) is 0 Å². The number of nitrogens with zero attached hydrogens (tertiary/aromatic N) is 2. The number of benzene rings is 1. The average molecular weight is 506 g/mol. The van der Waals surface area contributed by atoms with Crippen LogP contribution >= 0.6 is 0 Å². The molecule has 1 aromatic carbocycles. The Bertz CT molecular complexity index is 1220. The Morgan fingerprint density at radius 3 is 2.43 bits per heavy atom. The van der Waals surface area contributed by atoms with Gasteiger partial charge in [-0.05, 0) is 69.8 Å². The SMILES string of the molecule is CC(=O)NC(C)(C)/C=C/n1ncc(C(=O)N[C@H]2C3CC4CC2C[C@](OC(N)=O)(C4)C3)c1-c1ccccc1. The average Bonchev–Trinajstić information content (AvgIpc) is 3.23. The number of nitrogens with one attached hydrogen (secondary N) is 2. The van der Waals surface area contributed by atoms with E-state index in [9.17, 15) is 14.4 Å². The highest BCUT2D eigenvalue weighted by atomic mass is 16.6. The van der Waals surface area contributed by atoms with Gasteiger partial charge in [-0.1, -0.05) is 30.3 Å². The third kappa shape index (κ3) is 5.12. The summed E-state index contributed by atoms with van der Waals surface area (Å²) in [7, 11) is 0. The van der Waals surface area contributed by atoms with Gasteiger partial charge in [0.05, 0.1) is 23.0 Å². The first kappa shape index (κ1) is 25.0. The van der Waals surface area contributed by atoms with Crippen LogP contribution in [-0.4, -0.2) is 44.9 Å². The smallest absolute Gasteiger partial charge is 0.405 e. The van der Waals surface area contributed by atoms with Gasteiger partial charge >= 0.3 is 6.09 Å². The molecule has 4 aliphatic carbocycles. The molecule has 4 fully saturated rings. The molecule has 0 aliphatic heterocycles. The monoisotopic (exact) mass is 505 g/mol. The van der Waals surface area contributed by atoms with E-state index >= 15 is 0 Å². The summed E-state index contributed by atoms with van der Waals surface area (Å²) in [6.07, 6.45) is 8.91. The Kier molecular flexibility index (Phi) is 6.33. The molecule has 4 N–H and O–H groups in total. The van der Waals surface area contributed by atoms with Gasteiger partial charge in [0.1, 0.15) is 5.60 Å². The summed E-state index contributed by atoms with van der Waals surface area (Å²) in [5.41, 5.74) is 6.37. The van der Waals surface area contributed by atoms with E-state index in [1.165, 1.54) is 6.92 Å². The second-order valence-electron chi connectivity index (χ2n) is 11.5. The van der Waals surface area contributed by atoms with E-state index in [4.69, 9.17) is 10.5 Å². The molecule has 0 radical (unpaired) electrons. The van der Waals surface area contributed by atoms with Crippen LogP contribution in [0.1, 0.15) is 63.2 Å². The van der Waals surface area contributed by atoms with Crippen molar-refractivity contribution in [3.05, 3.63) is 48.2 Å². The topological polar surface area (TPSA) is 128 Å². The van der Waals surface area contributed by atoms with Crippen molar-refractivity contribution in [1.29, 1.82) is 0 Å². The van der Waals surface area contributed by atoms with Crippen molar-refractivity contribution in [1.82, 2.24) is 20.4 Å². The van der Waals surface area contributed by atoms with Crippen molar-refractivity contribution in [2.24, 2.45) is 23.5 Å². The van der Waals surface area contributed by atoms with Crippen LogP contribution in [0.25, 0.3) is 17.5 Å². The second kappa shape index (κ2) is 9.36. The van der Waals surface area contributed by atoms with Crippen LogP contribution < -0.4 is 16.4 Å². The maximum absolute atomic E-state index is 13.7. The van der Waals surface area contributed by atoms with Crippen molar-refractivity contribution < 1.29 is 19.1 Å². The molecule has 4 saturated carbocycles. The van der Waals surface area contributed by atoms with Gasteiger partial charge in [0.15, 0.2) is 0 Å². The molecule has 2 aromatic rings. The Balaban J connectivity index is 1.40. The fourth-order valence-corrected chi connectivity index (χ4v) is 7.03. The maximum atomic E-state index is 13.7. The zero-order valence-corrected chi connectivity index (χ0v) is 21.6. The Labute approximate surface area is 216 Å². The predicted molar refractivity (Wildman–Crippen MR) is 139 cm³/mol. The van der Waals surface area contributed by atoms with Crippen LogP contribution in [0.2, 0.25) is 0 Å². The number of carbonyl (C=O) groups is 3. The van der Waals surface area contributed by atoms with Gasteiger partial charge in [-0.25, -0.2) is 9.48 Å². The van der Waals surface area contributed by atoms with E-state index in [0.717, 1.165) is 37.7 Å². The molecule has 0 saturated heterocycles. The first-order chi connectivity index (χ1) is 17.5. The number of aromatic nitrogens is 2. The van der Waals surface area contributed by atoms with Crippen LogP contribution in [0.3, 0.4) is 0 Å². The number of carbonyl (C=O) groups excluding carboxylic acids is 3. The lowest BCUT2D eigenvalue weighted by Gasteiger charge is -2.58. The van der Waals surface area contributed by atoms with Gasteiger partial charge in [-0.2, -0.15) is 5.10 Å². The number of nitrogens with two attached hydrogens (primary N) is 1. The normalized spacial score (nSPS) is 28.3. The first-order valence-corrected chi connectivity index (χ1v) is 12.9. The van der Waals surface area contributed by atoms with Gasteiger partial charge in [0.2, 0.25) is 5.91 Å². The highest BCUT2D eigenvalue weighted by Gasteiger charge is 2.57. The van der Waals surface area contributed by atoms with E-state index < -0.39 is 17.2 Å². The Hall–Kier alpha value is -3.62. The molecule has 9 heteroatoms. The quantitative estimate of drug-likeness (QED) is 0.528. The number of ether oxygens (including phenoxy) is 1. The van der Waals surface area contributed by atoms with Crippen molar-refractivity contribution >= 4 is 24.1 Å². The van der Waals surface area contributed by atoms with Crippen LogP contribution in [0.4, 0.5) is 4.79 Å². The minimum Gasteiger partial charge on any atom is -0.443 e. The van der Waals surface area contributed by atoms with Gasteiger partial charge in [-0.3, -0.25) is 9.59 Å². The molecule has 1 aromatic heterocycles. The summed E-state index contributed by atoms with van der Waals surface area (Å²) < 4.78 is 7.31. The van der Waals surface area contributed by atoms with Crippen molar-refractivity contribution in [3.8, 4) is 11.3 Å². The molecule has 2 atom stereocenters. The number of hydrogen-bond donors (Lipinski definition) is 3. The highest BCUT2D eigenvalue weighted by molar-refractivity contribution is 6.00. The molecule has 2 unspecified atom stereocenters. The van der Waals surface area contributed by atoms with Crippen molar-refractivity contribution in [2.45, 2.75) is 70.1 Å². The van der Waals surface area contributed by atoms with Crippen molar-refractivity contribution in [2.75, 3.05) is 0 Å². The number of hydrogen-bond acceptors (Lipinski definition) is 5. The van der Waals surface area contributed by atoms with Crippen LogP contribution in [0.15, 0.2) is 42.6 Å². The highest BCUT2D eigenvalue weighted by Crippen LogP contribution is 2.57. The molecule has 4 bridgehead atoms. The van der Waals surface area contributed by atoms with Crippen molar-refractivity contribution in [3.63, 3.8) is 0 Å². The lowest BCUT2D eigenvalue weighted by Crippen LogP contribution is -2.63. The number of rotatable bonds is 7. The molecule has 37 heavy (non-hydrogen) atoms. The van der Waals surface area contributed by atoms with E-state index in [1.54, 1.807) is 17.1 Å². The third-order valence-electron chi connectivity index (χ3n) is 8.05. The summed E-state index contributed by atoms with van der Waals surface area (Å²) in [5, 5.41) is 10.7. The lowest BCUT2D eigenvalue weighted by molar-refractivity contribution is -0.137. The Morgan fingerprint density at radius 2 is 1.81 bits per heavy atom. The standard InChI is InChI=1S/C28H35N5O4/c1-17(34)32-27(2,3)9-10-33-24(19-7-5-4-6-8-19)22(16-30-33)25(35)31-23-20-11-18-12-21(23)15-28(13-18,14-20)37-26(29)36/h4-10,16,18,20-21,23H,11-15H2,1-3H3,(H2,29,36)(H,31,35)(H,32,34)/b10-9+/t18?,20?,21?,23-,28-. The minimum atomic E-state index is -0.711. The number of amides is 3. The largest absolute Gasteiger partial charge is 0.443 e. The van der Waals surface area contributed by atoms with Crippen LogP contribution in [-0.2, 0) is 9.53 Å². The van der Waals surface area contributed by atoms with E-state index in [0.29, 0.717) is 17.2 Å². The zero-order valence-electron chi connectivity index (χ0n) is 21.6. The molecule has 9 nitrogen and oxygen atoms in total. The lowest BCUT2D eigenvalue weighted by atomic mass is 9.52. The molecule has 196 valence electrons. The van der Waals surface area contributed by atoms with E-state index in [2.05, 4.69) is 15.7 Å². The Morgan fingerprint density at radius 1 is 1.14 bits per heavy atom. The molecule has 1 heterocycles. The molecule has 0 spiro atoms. The van der Waals surface area contributed by atoms with Gasteiger partial charge in [-0.15, -0.1) is 0 Å². The summed E-state index contributed by atoms with van der Waals surface area (Å²) in [5.74, 6) is 0.718. The third-order valence-corrected chi connectivity index (χ3v) is 8.05. The summed E-state index contributed by atoms with van der Waals surface area (Å²) in [6.45, 7) is 5.27. The minimum absolute atomic E-state index is 0.0230. The second-order valence-corrected chi connectivity index (χ2v) is 11.5. The predicted octanol–water partition coefficient (Wildman–Crippen LogP) is 3.71. The molecule has 4 aliphatic rings. The fourth-order valence-electron chi connectivity index (χ4n) is 7.03. The fraction of sp³-hybridized carbons (Fsp3) is 0.500. The van der Waals surface area contributed by atoms with Gasteiger partial charge in [0, 0.05) is 24.7 Å². The van der Waals surface area contributed by atoms with Crippen LogP contribution in [0, 0.1) is 17.8 Å².